The number of aryl methyl sites for hydroxylation is 1. The van der Waals surface area contributed by atoms with E-state index in [0.29, 0.717) is 5.82 Å². The Balaban J connectivity index is 1.54. The maximum atomic E-state index is 5.64. The third-order valence-corrected chi connectivity index (χ3v) is 5.17. The molecular weight excluding hydrogens is 280 g/mol. The molecule has 0 aromatic carbocycles. The molecule has 2 aromatic rings. The van der Waals surface area contributed by atoms with E-state index in [2.05, 4.69) is 39.9 Å². The standard InChI is InChI=1S/C16H22N4S/c1-2-14-4-5-15(21-14)12-19-7-9-20(10-8-19)13-3-6-16(17)18-11-13/h3-6,11H,2,7-10,12H2,1H3,(H2,17,18). The summed E-state index contributed by atoms with van der Waals surface area (Å²) in [5, 5.41) is 0. The van der Waals surface area contributed by atoms with Crippen LogP contribution in [0.4, 0.5) is 11.5 Å². The van der Waals surface area contributed by atoms with Gasteiger partial charge in [0.2, 0.25) is 0 Å². The van der Waals surface area contributed by atoms with Crippen LogP contribution in [0.3, 0.4) is 0 Å². The average Bonchev–Trinajstić information content (AvgIpc) is 2.97. The minimum absolute atomic E-state index is 0.585. The van der Waals surface area contributed by atoms with Crippen LogP contribution in [0.15, 0.2) is 30.5 Å². The van der Waals surface area contributed by atoms with Gasteiger partial charge in [-0.3, -0.25) is 4.90 Å². The Morgan fingerprint density at radius 3 is 2.48 bits per heavy atom. The zero-order valence-corrected chi connectivity index (χ0v) is 13.3. The Morgan fingerprint density at radius 2 is 1.86 bits per heavy atom. The lowest BCUT2D eigenvalue weighted by Gasteiger charge is -2.35. The van der Waals surface area contributed by atoms with Crippen LogP contribution >= 0.6 is 11.3 Å². The van der Waals surface area contributed by atoms with Crippen molar-refractivity contribution in [3.05, 3.63) is 40.2 Å². The van der Waals surface area contributed by atoms with Gasteiger partial charge < -0.3 is 10.6 Å². The quantitative estimate of drug-likeness (QED) is 0.943. The van der Waals surface area contributed by atoms with Crippen molar-refractivity contribution in [3.63, 3.8) is 0 Å². The first-order valence-electron chi connectivity index (χ1n) is 7.51. The SMILES string of the molecule is CCc1ccc(CN2CCN(c3ccc(N)nc3)CC2)s1. The Morgan fingerprint density at radius 1 is 1.10 bits per heavy atom. The maximum Gasteiger partial charge on any atom is 0.123 e. The molecule has 1 aliphatic heterocycles. The van der Waals surface area contributed by atoms with Crippen LogP contribution in [0.1, 0.15) is 16.7 Å². The van der Waals surface area contributed by atoms with E-state index < -0.39 is 0 Å². The van der Waals surface area contributed by atoms with Gasteiger partial charge in [0.1, 0.15) is 5.82 Å². The number of rotatable bonds is 4. The van der Waals surface area contributed by atoms with Crippen LogP contribution in [0.5, 0.6) is 0 Å². The van der Waals surface area contributed by atoms with E-state index in [0.717, 1.165) is 39.1 Å². The van der Waals surface area contributed by atoms with Crippen LogP contribution < -0.4 is 10.6 Å². The topological polar surface area (TPSA) is 45.4 Å². The summed E-state index contributed by atoms with van der Waals surface area (Å²) < 4.78 is 0. The number of hydrogen-bond acceptors (Lipinski definition) is 5. The summed E-state index contributed by atoms with van der Waals surface area (Å²) in [5.74, 6) is 0.585. The molecule has 5 heteroatoms. The Kier molecular flexibility index (Phi) is 4.41. The Bertz CT molecular complexity index is 570. The molecular formula is C16H22N4S. The van der Waals surface area contributed by atoms with Crippen molar-refractivity contribution in [3.8, 4) is 0 Å². The minimum Gasteiger partial charge on any atom is -0.384 e. The zero-order chi connectivity index (χ0) is 14.7. The molecule has 21 heavy (non-hydrogen) atoms. The Hall–Kier alpha value is -1.59. The number of anilines is 2. The van der Waals surface area contributed by atoms with E-state index in [1.54, 1.807) is 0 Å². The summed E-state index contributed by atoms with van der Waals surface area (Å²) in [6.07, 6.45) is 3.01. The lowest BCUT2D eigenvalue weighted by molar-refractivity contribution is 0.252. The number of hydrogen-bond donors (Lipinski definition) is 1. The molecule has 1 aliphatic rings. The minimum atomic E-state index is 0.585. The van der Waals surface area contributed by atoms with E-state index in [1.165, 1.54) is 15.4 Å². The summed E-state index contributed by atoms with van der Waals surface area (Å²) >= 11 is 1.95. The maximum absolute atomic E-state index is 5.64. The number of piperazine rings is 1. The Labute approximate surface area is 130 Å². The number of nitrogens with two attached hydrogens (primary N) is 1. The van der Waals surface area contributed by atoms with Gasteiger partial charge >= 0.3 is 0 Å². The average molecular weight is 302 g/mol. The fourth-order valence-corrected chi connectivity index (χ4v) is 3.67. The van der Waals surface area contributed by atoms with E-state index in [-0.39, 0.29) is 0 Å². The van der Waals surface area contributed by atoms with E-state index >= 15 is 0 Å². The molecule has 112 valence electrons. The third-order valence-electron chi connectivity index (χ3n) is 3.95. The lowest BCUT2D eigenvalue weighted by Crippen LogP contribution is -2.45. The van der Waals surface area contributed by atoms with Gasteiger partial charge in [-0.15, -0.1) is 11.3 Å². The highest BCUT2D eigenvalue weighted by Crippen LogP contribution is 2.21. The second-order valence-corrected chi connectivity index (χ2v) is 6.68. The summed E-state index contributed by atoms with van der Waals surface area (Å²) in [5.41, 5.74) is 6.82. The first-order valence-corrected chi connectivity index (χ1v) is 8.32. The van der Waals surface area contributed by atoms with E-state index in [4.69, 9.17) is 5.73 Å². The molecule has 1 fully saturated rings. The van der Waals surface area contributed by atoms with Crippen molar-refractivity contribution in [1.82, 2.24) is 9.88 Å². The van der Waals surface area contributed by atoms with Crippen molar-refractivity contribution in [2.45, 2.75) is 19.9 Å². The van der Waals surface area contributed by atoms with Crippen molar-refractivity contribution in [2.75, 3.05) is 36.8 Å². The lowest BCUT2D eigenvalue weighted by atomic mass is 10.2. The summed E-state index contributed by atoms with van der Waals surface area (Å²) in [6, 6.07) is 8.47. The molecule has 0 unspecified atom stereocenters. The van der Waals surface area contributed by atoms with Crippen molar-refractivity contribution < 1.29 is 0 Å². The van der Waals surface area contributed by atoms with Gasteiger partial charge in [0, 0.05) is 42.5 Å². The molecule has 0 amide bonds. The first-order chi connectivity index (χ1) is 10.2. The molecule has 1 saturated heterocycles. The van der Waals surface area contributed by atoms with Gasteiger partial charge in [-0.2, -0.15) is 0 Å². The molecule has 0 saturated carbocycles. The summed E-state index contributed by atoms with van der Waals surface area (Å²) in [7, 11) is 0. The number of nitrogens with zero attached hydrogens (tertiary/aromatic N) is 3. The van der Waals surface area contributed by atoms with Crippen LogP contribution in [-0.2, 0) is 13.0 Å². The predicted octanol–water partition coefficient (Wildman–Crippen LogP) is 2.61. The molecule has 0 bridgehead atoms. The summed E-state index contributed by atoms with van der Waals surface area (Å²) in [6.45, 7) is 7.61. The fourth-order valence-electron chi connectivity index (χ4n) is 2.67. The zero-order valence-electron chi connectivity index (χ0n) is 12.5. The van der Waals surface area contributed by atoms with Crippen LogP contribution in [0, 0.1) is 0 Å². The third kappa shape index (κ3) is 3.54. The van der Waals surface area contributed by atoms with Gasteiger partial charge in [-0.05, 0) is 30.7 Å². The molecule has 0 radical (unpaired) electrons. The molecule has 2 N–H and O–H groups in total. The molecule has 0 spiro atoms. The molecule has 3 rings (SSSR count). The molecule has 0 atom stereocenters. The van der Waals surface area contributed by atoms with Crippen LogP contribution in [-0.4, -0.2) is 36.1 Å². The summed E-state index contributed by atoms with van der Waals surface area (Å²) in [4.78, 5) is 12.1. The highest BCUT2D eigenvalue weighted by atomic mass is 32.1. The number of nitrogen functional groups attached to an aromatic ring is 1. The van der Waals surface area contributed by atoms with Gasteiger partial charge in [-0.1, -0.05) is 6.92 Å². The van der Waals surface area contributed by atoms with Gasteiger partial charge in [0.25, 0.3) is 0 Å². The van der Waals surface area contributed by atoms with Gasteiger partial charge in [0.15, 0.2) is 0 Å². The number of pyridine rings is 1. The van der Waals surface area contributed by atoms with E-state index in [9.17, 15) is 0 Å². The highest BCUT2D eigenvalue weighted by Gasteiger charge is 2.18. The smallest absolute Gasteiger partial charge is 0.123 e. The van der Waals surface area contributed by atoms with Crippen molar-refractivity contribution in [2.24, 2.45) is 0 Å². The molecule has 2 aromatic heterocycles. The predicted molar refractivity (Wildman–Crippen MR) is 89.8 cm³/mol. The first kappa shape index (κ1) is 14.4. The normalized spacial score (nSPS) is 16.3. The number of thiophene rings is 1. The number of aromatic nitrogens is 1. The van der Waals surface area contributed by atoms with Crippen LogP contribution in [0.2, 0.25) is 0 Å². The van der Waals surface area contributed by atoms with Gasteiger partial charge in [0.05, 0.1) is 11.9 Å². The van der Waals surface area contributed by atoms with E-state index in [1.807, 2.05) is 23.6 Å². The van der Waals surface area contributed by atoms with Crippen LogP contribution in [0.25, 0.3) is 0 Å². The fraction of sp³-hybridized carbons (Fsp3) is 0.438. The molecule has 4 nitrogen and oxygen atoms in total. The highest BCUT2D eigenvalue weighted by molar-refractivity contribution is 7.11. The second kappa shape index (κ2) is 6.45. The largest absolute Gasteiger partial charge is 0.384 e. The molecule has 0 aliphatic carbocycles. The second-order valence-electron chi connectivity index (χ2n) is 5.43. The van der Waals surface area contributed by atoms with Gasteiger partial charge in [-0.25, -0.2) is 4.98 Å². The van der Waals surface area contributed by atoms with Crippen molar-refractivity contribution in [1.29, 1.82) is 0 Å². The molecule has 3 heterocycles. The van der Waals surface area contributed by atoms with Crippen molar-refractivity contribution >= 4 is 22.8 Å². The monoisotopic (exact) mass is 302 g/mol.